The van der Waals surface area contributed by atoms with Crippen molar-refractivity contribution in [1.82, 2.24) is 4.75 Å². The molecule has 0 amide bonds. The Bertz CT molecular complexity index is 323. The highest BCUT2D eigenvalue weighted by atomic mass is 31.8. The quantitative estimate of drug-likeness (QED) is 0.582. The molecule has 0 aromatic carbocycles. The summed E-state index contributed by atoms with van der Waals surface area (Å²) in [6, 6.07) is 0. The topological polar surface area (TPSA) is 12.9 Å². The van der Waals surface area contributed by atoms with Crippen LogP contribution >= 0.6 is 15.9 Å². The van der Waals surface area contributed by atoms with Crippen LogP contribution in [0.15, 0.2) is 0 Å². The third kappa shape index (κ3) is 4.67. The fraction of sp³-hybridized carbons (Fsp3) is 0.867. The summed E-state index contributed by atoms with van der Waals surface area (Å²) in [7, 11) is 2.34. The maximum absolute atomic E-state index is 4.62. The van der Waals surface area contributed by atoms with Crippen molar-refractivity contribution in [2.75, 3.05) is 0 Å². The van der Waals surface area contributed by atoms with Crippen LogP contribution in [0.1, 0.15) is 87.5 Å². The Morgan fingerprint density at radius 2 is 1.39 bits per heavy atom. The van der Waals surface area contributed by atoms with E-state index in [1.807, 2.05) is 0 Å². The van der Waals surface area contributed by atoms with Crippen molar-refractivity contribution in [3.05, 3.63) is 11.0 Å². The molecule has 3 heteroatoms. The van der Waals surface area contributed by atoms with Crippen molar-refractivity contribution in [3.63, 3.8) is 0 Å². The minimum atomic E-state index is 0.807. The molecule has 1 aliphatic rings. The van der Waals surface area contributed by atoms with Gasteiger partial charge in [-0.2, -0.15) is 0 Å². The maximum atomic E-state index is 4.62. The molecule has 0 radical (unpaired) electrons. The van der Waals surface area contributed by atoms with Crippen LogP contribution in [0.2, 0.25) is 0 Å². The van der Waals surface area contributed by atoms with Crippen LogP contribution in [-0.4, -0.2) is 4.75 Å². The van der Waals surface area contributed by atoms with E-state index < -0.39 is 0 Å². The van der Waals surface area contributed by atoms with Crippen LogP contribution in [-0.2, 0) is 0 Å². The summed E-state index contributed by atoms with van der Waals surface area (Å²) >= 11 is 0. The molecule has 1 atom stereocenters. The van der Waals surface area contributed by atoms with Gasteiger partial charge in [0.25, 0.3) is 0 Å². The number of hydrogen-bond donors (Lipinski definition) is 0. The summed E-state index contributed by atoms with van der Waals surface area (Å²) < 4.78 is 4.62. The lowest BCUT2D eigenvalue weighted by atomic mass is 9.91. The van der Waals surface area contributed by atoms with E-state index in [1.165, 1.54) is 84.2 Å². The molecule has 0 spiro atoms. The van der Waals surface area contributed by atoms with Crippen molar-refractivity contribution in [3.8, 4) is 0 Å². The Balaban J connectivity index is 1.91. The first kappa shape index (κ1) is 14.5. The molecule has 1 fully saturated rings. The Labute approximate surface area is 115 Å². The van der Waals surface area contributed by atoms with Gasteiger partial charge in [0, 0.05) is 11.0 Å². The number of aromatic nitrogens is 1. The molecule has 1 aromatic heterocycles. The summed E-state index contributed by atoms with van der Waals surface area (Å²) in [5.41, 5.74) is 1.38. The van der Waals surface area contributed by atoms with Crippen LogP contribution in [0.3, 0.4) is 0 Å². The van der Waals surface area contributed by atoms with Crippen LogP contribution in [0.25, 0.3) is 0 Å². The van der Waals surface area contributed by atoms with Crippen molar-refractivity contribution in [1.29, 1.82) is 0 Å². The van der Waals surface area contributed by atoms with Crippen molar-refractivity contribution in [2.45, 2.75) is 83.5 Å². The Morgan fingerprint density at radius 1 is 0.889 bits per heavy atom. The van der Waals surface area contributed by atoms with E-state index in [4.69, 9.17) is 0 Å². The van der Waals surface area contributed by atoms with Gasteiger partial charge < -0.3 is 0 Å². The van der Waals surface area contributed by atoms with Gasteiger partial charge in [0.2, 0.25) is 0 Å². The molecule has 1 aliphatic carbocycles. The number of hydrogen-bond acceptors (Lipinski definition) is 1. The zero-order valence-corrected chi connectivity index (χ0v) is 13.6. The number of aryl methyl sites for hydroxylation is 1. The minimum Gasteiger partial charge on any atom is -0.241 e. The summed E-state index contributed by atoms with van der Waals surface area (Å²) in [5, 5.41) is 1.70. The molecule has 1 nitrogen and oxygen atoms in total. The lowest BCUT2D eigenvalue weighted by molar-refractivity contribution is 0.469. The van der Waals surface area contributed by atoms with Crippen LogP contribution in [0.4, 0.5) is 0 Å². The molecule has 1 aromatic rings. The number of rotatable bonds is 1. The normalized spacial score (nSPS) is 22.1. The largest absolute Gasteiger partial charge is 0.241 e. The molecule has 0 N–H and O–H groups in total. The second kappa shape index (κ2) is 8.34. The van der Waals surface area contributed by atoms with E-state index in [9.17, 15) is 0 Å². The highest BCUT2D eigenvalue weighted by Gasteiger charge is 2.15. The Morgan fingerprint density at radius 3 is 1.83 bits per heavy atom. The fourth-order valence-corrected chi connectivity index (χ4v) is 6.25. The molecule has 18 heavy (non-hydrogen) atoms. The zero-order valence-electron chi connectivity index (χ0n) is 11.7. The van der Waals surface area contributed by atoms with E-state index >= 15 is 0 Å². The predicted octanol–water partition coefficient (Wildman–Crippen LogP) is 6.39. The second-order valence-electron chi connectivity index (χ2n) is 5.75. The third-order valence-corrected chi connectivity index (χ3v) is 7.04. The molecule has 2 rings (SSSR count). The molecule has 0 bridgehead atoms. The zero-order chi connectivity index (χ0) is 12.6. The second-order valence-corrected chi connectivity index (χ2v) is 8.15. The van der Waals surface area contributed by atoms with E-state index in [0.717, 1.165) is 13.9 Å². The molecular weight excluding hydrogens is 256 g/mol. The van der Waals surface area contributed by atoms with Crippen LogP contribution in [0, 0.1) is 6.92 Å². The fourth-order valence-electron chi connectivity index (χ4n) is 3.12. The molecule has 0 aliphatic heterocycles. The molecule has 102 valence electrons. The standard InChI is InChI=1S/C15H27NP2/c1-13-15(17-18-16-13)14-11-9-7-5-3-2-4-6-8-10-12-14/h14,18H,2-12H2,1H3. The van der Waals surface area contributed by atoms with Gasteiger partial charge in [-0.3, -0.25) is 0 Å². The first-order chi connectivity index (χ1) is 8.88. The Kier molecular flexibility index (Phi) is 6.74. The lowest BCUT2D eigenvalue weighted by Gasteiger charge is -2.17. The average molecular weight is 283 g/mol. The molecule has 1 saturated carbocycles. The molecule has 1 unspecified atom stereocenters. The average Bonchev–Trinajstić information content (AvgIpc) is 2.76. The smallest absolute Gasteiger partial charge is 0.0498 e. The summed E-state index contributed by atoms with van der Waals surface area (Å²) in [5.74, 6) is 0.866. The van der Waals surface area contributed by atoms with E-state index in [0.29, 0.717) is 0 Å². The van der Waals surface area contributed by atoms with Crippen molar-refractivity contribution < 1.29 is 0 Å². The van der Waals surface area contributed by atoms with E-state index in [1.54, 1.807) is 5.30 Å². The van der Waals surface area contributed by atoms with E-state index in [2.05, 4.69) is 11.7 Å². The SMILES string of the molecule is Cc1n[pH]pc1C1CCCCCCCCCCC1. The van der Waals surface area contributed by atoms with Crippen LogP contribution in [0.5, 0.6) is 0 Å². The summed E-state index contributed by atoms with van der Waals surface area (Å²) in [6.07, 6.45) is 16.0. The number of nitrogens with zero attached hydrogens (tertiary/aromatic N) is 1. The summed E-state index contributed by atoms with van der Waals surface area (Å²) in [4.78, 5) is 0. The van der Waals surface area contributed by atoms with Crippen LogP contribution < -0.4 is 0 Å². The van der Waals surface area contributed by atoms with Gasteiger partial charge >= 0.3 is 0 Å². The highest BCUT2D eigenvalue weighted by Crippen LogP contribution is 2.39. The maximum Gasteiger partial charge on any atom is 0.0498 e. The van der Waals surface area contributed by atoms with Gasteiger partial charge in [0.15, 0.2) is 0 Å². The Hall–Kier alpha value is 0.140. The van der Waals surface area contributed by atoms with Crippen molar-refractivity contribution in [2.24, 2.45) is 0 Å². The minimum absolute atomic E-state index is 0.807. The molecular formula is C15H27NP2. The van der Waals surface area contributed by atoms with Gasteiger partial charge in [-0.15, -0.1) is 0 Å². The lowest BCUT2D eigenvalue weighted by Crippen LogP contribution is -2.00. The van der Waals surface area contributed by atoms with Crippen molar-refractivity contribution >= 4 is 15.9 Å². The first-order valence-electron chi connectivity index (χ1n) is 7.75. The monoisotopic (exact) mass is 283 g/mol. The first-order valence-corrected chi connectivity index (χ1v) is 10.4. The third-order valence-electron chi connectivity index (χ3n) is 4.25. The van der Waals surface area contributed by atoms with Gasteiger partial charge in [0.1, 0.15) is 0 Å². The van der Waals surface area contributed by atoms with Gasteiger partial charge in [-0.25, -0.2) is 4.75 Å². The predicted molar refractivity (Wildman–Crippen MR) is 84.5 cm³/mol. The van der Waals surface area contributed by atoms with Gasteiger partial charge in [0.05, 0.1) is 0 Å². The van der Waals surface area contributed by atoms with E-state index in [-0.39, 0.29) is 0 Å². The van der Waals surface area contributed by atoms with Gasteiger partial charge in [-0.05, 0) is 41.6 Å². The summed E-state index contributed by atoms with van der Waals surface area (Å²) in [6.45, 7) is 2.23. The van der Waals surface area contributed by atoms with Gasteiger partial charge in [-0.1, -0.05) is 57.8 Å². The molecule has 0 saturated heterocycles. The molecule has 1 heterocycles. The highest BCUT2D eigenvalue weighted by molar-refractivity contribution is 7.89.